The molecule has 0 fully saturated rings. The van der Waals surface area contributed by atoms with Crippen LogP contribution in [-0.2, 0) is 6.42 Å². The van der Waals surface area contributed by atoms with Gasteiger partial charge in [-0.15, -0.1) is 0 Å². The third-order valence-corrected chi connectivity index (χ3v) is 2.53. The number of aryl methyl sites for hydroxylation is 1. The summed E-state index contributed by atoms with van der Waals surface area (Å²) in [4.78, 5) is 8.55. The highest BCUT2D eigenvalue weighted by Gasteiger charge is 2.06. The van der Waals surface area contributed by atoms with E-state index in [2.05, 4.69) is 20.7 Å². The highest BCUT2D eigenvalue weighted by atomic mass is 19.1. The van der Waals surface area contributed by atoms with Crippen LogP contribution >= 0.6 is 0 Å². The third-order valence-electron chi connectivity index (χ3n) is 2.53. The van der Waals surface area contributed by atoms with Gasteiger partial charge >= 0.3 is 0 Å². The maximum absolute atomic E-state index is 13.6. The molecule has 5 nitrogen and oxygen atoms in total. The lowest BCUT2D eigenvalue weighted by atomic mass is 10.3. The summed E-state index contributed by atoms with van der Waals surface area (Å²) in [6.07, 6.45) is 1.66. The number of nitrogens with zero attached hydrogens (tertiary/aromatic N) is 2. The van der Waals surface area contributed by atoms with Crippen LogP contribution in [0, 0.1) is 5.82 Å². The highest BCUT2D eigenvalue weighted by molar-refractivity contribution is 5.59. The van der Waals surface area contributed by atoms with E-state index in [4.69, 9.17) is 5.84 Å². The van der Waals surface area contributed by atoms with Crippen molar-refractivity contribution in [3.8, 4) is 0 Å². The average Bonchev–Trinajstić information content (AvgIpc) is 2.41. The van der Waals surface area contributed by atoms with Gasteiger partial charge in [0.15, 0.2) is 0 Å². The van der Waals surface area contributed by atoms with E-state index in [1.807, 2.05) is 6.92 Å². The number of nitrogen functional groups attached to an aromatic ring is 1. The Morgan fingerprint density at radius 1 is 1.21 bits per heavy atom. The first kappa shape index (κ1) is 13.2. The van der Waals surface area contributed by atoms with Gasteiger partial charge in [0.2, 0.25) is 0 Å². The molecule has 0 bridgehead atoms. The van der Waals surface area contributed by atoms with Gasteiger partial charge in [-0.05, 0) is 18.6 Å². The van der Waals surface area contributed by atoms with Crippen LogP contribution < -0.4 is 16.6 Å². The van der Waals surface area contributed by atoms with Crippen molar-refractivity contribution >= 4 is 17.3 Å². The number of aromatic nitrogens is 2. The second-order valence-electron chi connectivity index (χ2n) is 4.05. The monoisotopic (exact) mass is 261 g/mol. The van der Waals surface area contributed by atoms with Crippen molar-refractivity contribution in [2.75, 3.05) is 10.7 Å². The molecule has 0 unspecified atom stereocenters. The van der Waals surface area contributed by atoms with Crippen LogP contribution in [0.2, 0.25) is 0 Å². The molecular formula is C13H16FN5. The molecule has 2 aromatic rings. The first-order valence-electron chi connectivity index (χ1n) is 6.09. The van der Waals surface area contributed by atoms with E-state index in [-0.39, 0.29) is 5.82 Å². The van der Waals surface area contributed by atoms with Crippen LogP contribution in [-0.4, -0.2) is 9.97 Å². The fraction of sp³-hybridized carbons (Fsp3) is 0.231. The number of nitrogens with two attached hydrogens (primary N) is 1. The van der Waals surface area contributed by atoms with E-state index in [0.29, 0.717) is 23.1 Å². The fourth-order valence-electron chi connectivity index (χ4n) is 1.67. The Morgan fingerprint density at radius 2 is 1.95 bits per heavy atom. The largest absolute Gasteiger partial charge is 0.338 e. The molecular weight excluding hydrogens is 245 g/mol. The van der Waals surface area contributed by atoms with Crippen molar-refractivity contribution in [3.63, 3.8) is 0 Å². The molecule has 0 aliphatic heterocycles. The molecule has 19 heavy (non-hydrogen) atoms. The van der Waals surface area contributed by atoms with Gasteiger partial charge in [0.1, 0.15) is 23.3 Å². The standard InChI is InChI=1S/C13H16FN5/c1-2-5-11-17-12(8-13(18-11)19-15)16-10-7-4-3-6-9(10)14/h3-4,6-8H,2,5,15H2,1H3,(H2,16,17,18,19). The van der Waals surface area contributed by atoms with Gasteiger partial charge < -0.3 is 10.7 Å². The predicted octanol–water partition coefficient (Wildman–Crippen LogP) is 2.60. The lowest BCUT2D eigenvalue weighted by molar-refractivity contribution is 0.631. The lowest BCUT2D eigenvalue weighted by Crippen LogP contribution is -2.11. The number of hydrogen-bond donors (Lipinski definition) is 3. The van der Waals surface area contributed by atoms with Crippen molar-refractivity contribution < 1.29 is 4.39 Å². The van der Waals surface area contributed by atoms with Crippen LogP contribution in [0.3, 0.4) is 0 Å². The number of benzene rings is 1. The average molecular weight is 261 g/mol. The smallest absolute Gasteiger partial charge is 0.146 e. The molecule has 0 saturated heterocycles. The Balaban J connectivity index is 2.29. The van der Waals surface area contributed by atoms with Crippen LogP contribution in [0.4, 0.5) is 21.7 Å². The van der Waals surface area contributed by atoms with Crippen molar-refractivity contribution in [2.24, 2.45) is 5.84 Å². The molecule has 0 spiro atoms. The zero-order chi connectivity index (χ0) is 13.7. The number of anilines is 3. The molecule has 0 saturated carbocycles. The summed E-state index contributed by atoms with van der Waals surface area (Å²) in [6, 6.07) is 8.05. The van der Waals surface area contributed by atoms with E-state index in [9.17, 15) is 4.39 Å². The molecule has 0 aliphatic carbocycles. The molecule has 100 valence electrons. The summed E-state index contributed by atoms with van der Waals surface area (Å²) >= 11 is 0. The van der Waals surface area contributed by atoms with Crippen molar-refractivity contribution in [1.29, 1.82) is 0 Å². The molecule has 1 aromatic carbocycles. The fourth-order valence-corrected chi connectivity index (χ4v) is 1.67. The van der Waals surface area contributed by atoms with Gasteiger partial charge in [0.25, 0.3) is 0 Å². The summed E-state index contributed by atoms with van der Waals surface area (Å²) in [7, 11) is 0. The highest BCUT2D eigenvalue weighted by Crippen LogP contribution is 2.20. The number of nitrogens with one attached hydrogen (secondary N) is 2. The van der Waals surface area contributed by atoms with E-state index in [1.54, 1.807) is 24.3 Å². The van der Waals surface area contributed by atoms with Gasteiger partial charge in [-0.25, -0.2) is 20.2 Å². The SMILES string of the molecule is CCCc1nc(NN)cc(Nc2ccccc2F)n1. The summed E-state index contributed by atoms with van der Waals surface area (Å²) in [6.45, 7) is 2.04. The van der Waals surface area contributed by atoms with Gasteiger partial charge in [-0.3, -0.25) is 0 Å². The summed E-state index contributed by atoms with van der Waals surface area (Å²) < 4.78 is 13.6. The molecule has 0 atom stereocenters. The molecule has 4 N–H and O–H groups in total. The van der Waals surface area contributed by atoms with E-state index in [0.717, 1.165) is 12.8 Å². The van der Waals surface area contributed by atoms with Crippen LogP contribution in [0.15, 0.2) is 30.3 Å². The van der Waals surface area contributed by atoms with Gasteiger partial charge in [0.05, 0.1) is 5.69 Å². The topological polar surface area (TPSA) is 75.9 Å². The van der Waals surface area contributed by atoms with Crippen molar-refractivity contribution in [2.45, 2.75) is 19.8 Å². The number of hydrogen-bond acceptors (Lipinski definition) is 5. The van der Waals surface area contributed by atoms with Crippen LogP contribution in [0.5, 0.6) is 0 Å². The Morgan fingerprint density at radius 3 is 2.63 bits per heavy atom. The molecule has 6 heteroatoms. The van der Waals surface area contributed by atoms with E-state index >= 15 is 0 Å². The number of halogens is 1. The number of para-hydroxylation sites is 1. The van der Waals surface area contributed by atoms with E-state index in [1.165, 1.54) is 6.07 Å². The van der Waals surface area contributed by atoms with Gasteiger partial charge in [-0.1, -0.05) is 19.1 Å². The van der Waals surface area contributed by atoms with Crippen molar-refractivity contribution in [3.05, 3.63) is 42.0 Å². The minimum atomic E-state index is -0.333. The quantitative estimate of drug-likeness (QED) is 0.569. The predicted molar refractivity (Wildman–Crippen MR) is 73.5 cm³/mol. The second-order valence-corrected chi connectivity index (χ2v) is 4.05. The number of rotatable bonds is 5. The Kier molecular flexibility index (Phi) is 4.25. The first-order chi connectivity index (χ1) is 9.22. The summed E-state index contributed by atoms with van der Waals surface area (Å²) in [5, 5.41) is 2.92. The van der Waals surface area contributed by atoms with Gasteiger partial charge in [-0.2, -0.15) is 0 Å². The third kappa shape index (κ3) is 3.38. The van der Waals surface area contributed by atoms with Gasteiger partial charge in [0, 0.05) is 12.5 Å². The molecule has 0 radical (unpaired) electrons. The Labute approximate surface area is 111 Å². The molecule has 2 rings (SSSR count). The van der Waals surface area contributed by atoms with Crippen LogP contribution in [0.1, 0.15) is 19.2 Å². The minimum absolute atomic E-state index is 0.333. The lowest BCUT2D eigenvalue weighted by Gasteiger charge is -2.10. The molecule has 1 aromatic heterocycles. The Hall–Kier alpha value is -2.21. The zero-order valence-corrected chi connectivity index (χ0v) is 10.7. The number of hydrazine groups is 1. The Bertz CT molecular complexity index is 558. The summed E-state index contributed by atoms with van der Waals surface area (Å²) in [5.41, 5.74) is 2.85. The minimum Gasteiger partial charge on any atom is -0.338 e. The zero-order valence-electron chi connectivity index (χ0n) is 10.7. The normalized spacial score (nSPS) is 10.3. The summed E-state index contributed by atoms with van der Waals surface area (Å²) in [5.74, 6) is 6.70. The second kappa shape index (κ2) is 6.10. The molecule has 0 amide bonds. The first-order valence-corrected chi connectivity index (χ1v) is 6.09. The van der Waals surface area contributed by atoms with Crippen LogP contribution in [0.25, 0.3) is 0 Å². The maximum Gasteiger partial charge on any atom is 0.146 e. The molecule has 1 heterocycles. The van der Waals surface area contributed by atoms with E-state index < -0.39 is 0 Å². The molecule has 0 aliphatic rings. The maximum atomic E-state index is 13.6. The van der Waals surface area contributed by atoms with Crippen molar-refractivity contribution in [1.82, 2.24) is 9.97 Å².